The molecule has 5 N–H and O–H groups in total. The van der Waals surface area contributed by atoms with Gasteiger partial charge >= 0.3 is 0 Å². The van der Waals surface area contributed by atoms with Gasteiger partial charge in [0.1, 0.15) is 10.6 Å². The Kier molecular flexibility index (Phi) is 13.0. The number of anilines is 2. The molecule has 0 radical (unpaired) electrons. The molecule has 0 bridgehead atoms. The van der Waals surface area contributed by atoms with Crippen LogP contribution in [0.5, 0.6) is 5.75 Å². The van der Waals surface area contributed by atoms with Gasteiger partial charge in [-0.25, -0.2) is 0 Å². The van der Waals surface area contributed by atoms with Crippen LogP contribution in [0.3, 0.4) is 0 Å². The van der Waals surface area contributed by atoms with Crippen molar-refractivity contribution >= 4 is 97.8 Å². The molecule has 4 rings (SSSR count). The predicted molar refractivity (Wildman–Crippen MR) is 187 cm³/mol. The van der Waals surface area contributed by atoms with Gasteiger partial charge in [-0.1, -0.05) is 29.6 Å². The zero-order chi connectivity index (χ0) is 37.6. The molecule has 0 aliphatic carbocycles. The van der Waals surface area contributed by atoms with Crippen molar-refractivity contribution in [3.05, 3.63) is 48.5 Å². The number of nitrogens with one attached hydrogen (secondary N) is 1. The van der Waals surface area contributed by atoms with Crippen LogP contribution in [-0.4, -0.2) is 97.0 Å². The highest BCUT2D eigenvalue weighted by molar-refractivity contribution is 7.99. The molecule has 0 amide bonds. The first-order valence-corrected chi connectivity index (χ1v) is 22.1. The van der Waals surface area contributed by atoms with Gasteiger partial charge in [-0.3, -0.25) is 18.2 Å². The van der Waals surface area contributed by atoms with Crippen LogP contribution < -0.4 is 10.1 Å². The fourth-order valence-electron chi connectivity index (χ4n) is 4.12. The van der Waals surface area contributed by atoms with E-state index in [1.54, 1.807) is 6.07 Å². The maximum atomic E-state index is 12.0. The van der Waals surface area contributed by atoms with Gasteiger partial charge in [0.2, 0.25) is 5.95 Å². The molecular formula is C26H28N6O13S6. The van der Waals surface area contributed by atoms with E-state index in [0.29, 0.717) is 11.8 Å². The summed E-state index contributed by atoms with van der Waals surface area (Å²) in [6, 6.07) is 10.2. The Labute approximate surface area is 300 Å². The average molecular weight is 825 g/mol. The number of aromatic nitrogens is 3. The van der Waals surface area contributed by atoms with Crippen molar-refractivity contribution < 1.29 is 56.6 Å². The van der Waals surface area contributed by atoms with Gasteiger partial charge < -0.3 is 10.1 Å². The van der Waals surface area contributed by atoms with E-state index in [9.17, 15) is 42.8 Å². The first kappa shape index (κ1) is 40.2. The quantitative estimate of drug-likeness (QED) is 0.0426. The van der Waals surface area contributed by atoms with E-state index in [1.165, 1.54) is 37.4 Å². The first-order chi connectivity index (χ1) is 23.7. The molecule has 0 atom stereocenters. The molecule has 0 spiro atoms. The Bertz CT molecular complexity index is 2350. The van der Waals surface area contributed by atoms with Crippen LogP contribution in [-0.2, 0) is 40.5 Å². The summed E-state index contributed by atoms with van der Waals surface area (Å²) in [5, 5.41) is 11.6. The second kappa shape index (κ2) is 16.4. The normalized spacial score (nSPS) is 12.8. The molecule has 1 heterocycles. The number of nitrogens with zero attached hydrogens (tertiary/aromatic N) is 5. The van der Waals surface area contributed by atoms with E-state index in [-0.39, 0.29) is 68.5 Å². The van der Waals surface area contributed by atoms with Crippen LogP contribution >= 0.6 is 23.5 Å². The molecule has 19 nitrogen and oxygen atoms in total. The molecule has 0 aliphatic rings. The molecule has 0 saturated carbocycles. The predicted octanol–water partition coefficient (Wildman–Crippen LogP) is 4.43. The standard InChI is InChI=1S/C26H28N6O13S6/c1-45-22-14-18(32-31-17-5-4-16-12-19(50(39,40)41)15-23(20(16)13-17)51(42,43)44)6-7-21(22)27-24-28-25(46-8-2-10-48(33,34)35)30-26(29-24)47-9-3-11-49(36,37)38/h4-7,12-15H,2-3,8-11H2,1H3,(H,33,34,35)(H,36,37,38)(H,39,40,41)(H,42,43,44)(H,27,28,29,30)/b32-31+. The smallest absolute Gasteiger partial charge is 0.295 e. The molecule has 4 aromatic rings. The number of methoxy groups -OCH3 is 1. The van der Waals surface area contributed by atoms with E-state index in [0.717, 1.165) is 29.6 Å². The van der Waals surface area contributed by atoms with Gasteiger partial charge in [-0.2, -0.15) is 58.9 Å². The van der Waals surface area contributed by atoms with Gasteiger partial charge in [0, 0.05) is 23.0 Å². The lowest BCUT2D eigenvalue weighted by atomic mass is 10.1. The zero-order valence-corrected chi connectivity index (χ0v) is 30.9. The highest BCUT2D eigenvalue weighted by Gasteiger charge is 2.21. The Morgan fingerprint density at radius 3 is 1.76 bits per heavy atom. The minimum Gasteiger partial charge on any atom is -0.494 e. The number of ether oxygens (including phenoxy) is 1. The van der Waals surface area contributed by atoms with E-state index >= 15 is 0 Å². The number of hydrogen-bond acceptors (Lipinski definition) is 17. The van der Waals surface area contributed by atoms with Crippen molar-refractivity contribution in [3.8, 4) is 5.75 Å². The average Bonchev–Trinajstić information content (AvgIpc) is 3.02. The molecule has 0 unspecified atom stereocenters. The second-order valence-electron chi connectivity index (χ2n) is 10.2. The largest absolute Gasteiger partial charge is 0.494 e. The van der Waals surface area contributed by atoms with Crippen LogP contribution in [0.1, 0.15) is 12.8 Å². The number of rotatable bonds is 17. The number of hydrogen-bond donors (Lipinski definition) is 5. The molecule has 1 aromatic heterocycles. The molecular weight excluding hydrogens is 797 g/mol. The van der Waals surface area contributed by atoms with E-state index < -0.39 is 61.8 Å². The van der Waals surface area contributed by atoms with Crippen molar-refractivity contribution in [3.63, 3.8) is 0 Å². The van der Waals surface area contributed by atoms with Crippen LogP contribution in [0.15, 0.2) is 78.9 Å². The highest BCUT2D eigenvalue weighted by atomic mass is 32.2. The van der Waals surface area contributed by atoms with Crippen molar-refractivity contribution in [1.29, 1.82) is 0 Å². The monoisotopic (exact) mass is 824 g/mol. The summed E-state index contributed by atoms with van der Waals surface area (Å²) in [6.45, 7) is 0. The van der Waals surface area contributed by atoms with E-state index in [2.05, 4.69) is 30.5 Å². The lowest BCUT2D eigenvalue weighted by molar-refractivity contribution is 0.417. The summed E-state index contributed by atoms with van der Waals surface area (Å²) in [4.78, 5) is 11.5. The third kappa shape index (κ3) is 12.6. The number of fused-ring (bicyclic) bond motifs is 1. The Morgan fingerprint density at radius 1 is 0.706 bits per heavy atom. The summed E-state index contributed by atoms with van der Waals surface area (Å²) >= 11 is 2.19. The SMILES string of the molecule is COc1cc(/N=N/c2ccc3cc(S(=O)(=O)O)cc(S(=O)(=O)O)c3c2)ccc1Nc1nc(SCCCS(=O)(=O)O)nc(SCCCS(=O)(=O)O)n1. The van der Waals surface area contributed by atoms with Crippen LogP contribution in [0.2, 0.25) is 0 Å². The Hall–Kier alpha value is -3.53. The fourth-order valence-corrected chi connectivity index (χ4v) is 8.46. The first-order valence-electron chi connectivity index (χ1n) is 14.0. The minimum atomic E-state index is -4.91. The van der Waals surface area contributed by atoms with Crippen molar-refractivity contribution in [1.82, 2.24) is 15.0 Å². The number of azo groups is 1. The third-order valence-electron chi connectivity index (χ3n) is 6.31. The molecule has 3 aromatic carbocycles. The third-order valence-corrected chi connectivity index (χ3v) is 11.5. The molecule has 0 aliphatic heterocycles. The zero-order valence-electron chi connectivity index (χ0n) is 26.0. The van der Waals surface area contributed by atoms with Gasteiger partial charge in [-0.15, -0.1) is 0 Å². The summed E-state index contributed by atoms with van der Waals surface area (Å²) in [5.74, 6) is -0.146. The summed E-state index contributed by atoms with van der Waals surface area (Å²) in [7, 11) is -16.6. The van der Waals surface area contributed by atoms with Crippen molar-refractivity contribution in [2.45, 2.75) is 32.9 Å². The topological polar surface area (TPSA) is 302 Å². The number of benzene rings is 3. The maximum Gasteiger partial charge on any atom is 0.295 e. The Balaban J connectivity index is 1.58. The summed E-state index contributed by atoms with van der Waals surface area (Å²) in [5.41, 5.74) is 0.766. The number of thioether (sulfide) groups is 2. The minimum absolute atomic E-state index is 0.0511. The van der Waals surface area contributed by atoms with E-state index in [1.807, 2.05) is 0 Å². The second-order valence-corrected chi connectivity index (χ2v) is 18.3. The molecule has 51 heavy (non-hydrogen) atoms. The fraction of sp³-hybridized carbons (Fsp3) is 0.269. The van der Waals surface area contributed by atoms with Gasteiger partial charge in [0.15, 0.2) is 10.3 Å². The summed E-state index contributed by atoms with van der Waals surface area (Å²) < 4.78 is 134. The van der Waals surface area contributed by atoms with Crippen LogP contribution in [0, 0.1) is 0 Å². The van der Waals surface area contributed by atoms with Gasteiger partial charge in [0.25, 0.3) is 40.5 Å². The van der Waals surface area contributed by atoms with Crippen molar-refractivity contribution in [2.24, 2.45) is 10.2 Å². The maximum absolute atomic E-state index is 12.0. The lowest BCUT2D eigenvalue weighted by Crippen LogP contribution is -2.07. The molecule has 276 valence electrons. The van der Waals surface area contributed by atoms with Crippen LogP contribution in [0.4, 0.5) is 23.0 Å². The molecule has 25 heteroatoms. The summed E-state index contributed by atoms with van der Waals surface area (Å²) in [6.07, 6.45) is 0.211. The lowest BCUT2D eigenvalue weighted by Gasteiger charge is -2.12. The van der Waals surface area contributed by atoms with Gasteiger partial charge in [-0.05, 0) is 54.6 Å². The van der Waals surface area contributed by atoms with E-state index in [4.69, 9.17) is 13.8 Å². The molecule has 0 saturated heterocycles. The van der Waals surface area contributed by atoms with Gasteiger partial charge in [0.05, 0.1) is 40.6 Å². The van der Waals surface area contributed by atoms with Crippen molar-refractivity contribution in [2.75, 3.05) is 35.4 Å². The molecule has 0 fully saturated rings. The Morgan fingerprint density at radius 2 is 1.25 bits per heavy atom. The highest BCUT2D eigenvalue weighted by Crippen LogP contribution is 2.34. The van der Waals surface area contributed by atoms with Crippen LogP contribution in [0.25, 0.3) is 10.8 Å².